The van der Waals surface area contributed by atoms with E-state index in [4.69, 9.17) is 4.74 Å². The largest absolute Gasteiger partial charge is 0.494 e. The van der Waals surface area contributed by atoms with Gasteiger partial charge in [0.1, 0.15) is 11.4 Å². The minimum Gasteiger partial charge on any atom is -0.494 e. The van der Waals surface area contributed by atoms with Gasteiger partial charge in [0.15, 0.2) is 0 Å². The van der Waals surface area contributed by atoms with E-state index < -0.39 is 11.9 Å². The first-order chi connectivity index (χ1) is 13.7. The van der Waals surface area contributed by atoms with Gasteiger partial charge in [0.05, 0.1) is 12.9 Å². The van der Waals surface area contributed by atoms with Gasteiger partial charge in [-0.1, -0.05) is 54.2 Å². The number of benzene rings is 2. The summed E-state index contributed by atoms with van der Waals surface area (Å²) in [5.74, 6) is 0.125. The van der Waals surface area contributed by atoms with Crippen LogP contribution >= 0.6 is 11.8 Å². The molecule has 0 aliphatic heterocycles. The summed E-state index contributed by atoms with van der Waals surface area (Å²) in [6, 6.07) is 16.1. The first kappa shape index (κ1) is 19.4. The molecule has 0 fully saturated rings. The van der Waals surface area contributed by atoms with Gasteiger partial charge in [-0.05, 0) is 28.1 Å². The Hall–Kier alpha value is -3.40. The number of imide groups is 1. The summed E-state index contributed by atoms with van der Waals surface area (Å²) in [5, 5.41) is 16.8. The van der Waals surface area contributed by atoms with Crippen molar-refractivity contribution in [1.82, 2.24) is 30.8 Å². The monoisotopic (exact) mass is 398 g/mol. The number of nitrogens with one attached hydrogen (secondary N) is 2. The summed E-state index contributed by atoms with van der Waals surface area (Å²) in [5.41, 5.74) is 1.59. The number of rotatable bonds is 7. The van der Waals surface area contributed by atoms with Crippen molar-refractivity contribution in [3.63, 3.8) is 0 Å². The first-order valence-corrected chi connectivity index (χ1v) is 9.32. The van der Waals surface area contributed by atoms with Crippen molar-refractivity contribution in [1.29, 1.82) is 0 Å². The number of hydrogen-bond donors (Lipinski definition) is 2. The summed E-state index contributed by atoms with van der Waals surface area (Å²) in [7, 11) is 1.55. The molecule has 2 N–H and O–H groups in total. The summed E-state index contributed by atoms with van der Waals surface area (Å²) < 4.78 is 6.79. The Morgan fingerprint density at radius 3 is 2.64 bits per heavy atom. The van der Waals surface area contributed by atoms with Crippen LogP contribution in [0.25, 0.3) is 5.69 Å². The van der Waals surface area contributed by atoms with Gasteiger partial charge in [-0.25, -0.2) is 4.79 Å². The Bertz CT molecular complexity index is 947. The van der Waals surface area contributed by atoms with Gasteiger partial charge in [0.2, 0.25) is 11.1 Å². The molecule has 1 heterocycles. The molecule has 0 atom stereocenters. The first-order valence-electron chi connectivity index (χ1n) is 8.33. The Morgan fingerprint density at radius 1 is 1.11 bits per heavy atom. The highest BCUT2D eigenvalue weighted by molar-refractivity contribution is 7.99. The molecule has 0 aliphatic rings. The van der Waals surface area contributed by atoms with E-state index in [9.17, 15) is 9.59 Å². The Labute approximate surface area is 165 Å². The van der Waals surface area contributed by atoms with E-state index in [-0.39, 0.29) is 5.75 Å². The van der Waals surface area contributed by atoms with Gasteiger partial charge < -0.3 is 10.1 Å². The molecule has 0 aliphatic carbocycles. The third-order valence-corrected chi connectivity index (χ3v) is 4.55. The smallest absolute Gasteiger partial charge is 0.321 e. The van der Waals surface area contributed by atoms with E-state index in [0.717, 1.165) is 17.3 Å². The highest BCUT2D eigenvalue weighted by Crippen LogP contribution is 2.25. The van der Waals surface area contributed by atoms with Crippen LogP contribution in [0.2, 0.25) is 0 Å². The fraction of sp³-hybridized carbons (Fsp3) is 0.167. The summed E-state index contributed by atoms with van der Waals surface area (Å²) in [6.45, 7) is 0.332. The molecule has 9 nitrogen and oxygen atoms in total. The van der Waals surface area contributed by atoms with Crippen LogP contribution in [0.3, 0.4) is 0 Å². The fourth-order valence-electron chi connectivity index (χ4n) is 2.34. The van der Waals surface area contributed by atoms with Crippen molar-refractivity contribution in [2.45, 2.75) is 11.7 Å². The van der Waals surface area contributed by atoms with Crippen LogP contribution in [0, 0.1) is 0 Å². The molecular formula is C18H18N6O3S. The Balaban J connectivity index is 1.53. The lowest BCUT2D eigenvalue weighted by molar-refractivity contribution is -0.117. The highest BCUT2D eigenvalue weighted by Gasteiger charge is 2.15. The van der Waals surface area contributed by atoms with Crippen molar-refractivity contribution in [3.05, 3.63) is 60.2 Å². The lowest BCUT2D eigenvalue weighted by atomic mass is 10.2. The molecule has 28 heavy (non-hydrogen) atoms. The minimum absolute atomic E-state index is 0.0196. The van der Waals surface area contributed by atoms with Gasteiger partial charge in [0.25, 0.3) is 0 Å². The van der Waals surface area contributed by atoms with E-state index in [1.165, 1.54) is 4.68 Å². The second-order valence-electron chi connectivity index (χ2n) is 5.55. The van der Waals surface area contributed by atoms with Crippen LogP contribution in [-0.2, 0) is 11.3 Å². The third-order valence-electron chi connectivity index (χ3n) is 3.64. The summed E-state index contributed by atoms with van der Waals surface area (Å²) in [4.78, 5) is 23.9. The van der Waals surface area contributed by atoms with Crippen LogP contribution < -0.4 is 15.4 Å². The quantitative estimate of drug-likeness (QED) is 0.584. The summed E-state index contributed by atoms with van der Waals surface area (Å²) >= 11 is 1.11. The maximum absolute atomic E-state index is 12.0. The topological polar surface area (TPSA) is 111 Å². The Kier molecular flexibility index (Phi) is 6.58. The molecule has 3 aromatic rings. The number of aromatic nitrogens is 4. The van der Waals surface area contributed by atoms with E-state index >= 15 is 0 Å². The number of tetrazole rings is 1. The average Bonchev–Trinajstić information content (AvgIpc) is 3.20. The van der Waals surface area contributed by atoms with E-state index in [1.54, 1.807) is 19.2 Å². The molecule has 3 rings (SSSR count). The van der Waals surface area contributed by atoms with Gasteiger partial charge >= 0.3 is 6.03 Å². The number of amides is 3. The number of thioether (sulfide) groups is 1. The molecule has 0 saturated heterocycles. The second-order valence-corrected chi connectivity index (χ2v) is 6.49. The lowest BCUT2D eigenvalue weighted by Crippen LogP contribution is -2.40. The number of methoxy groups -OCH3 is 1. The SMILES string of the molecule is COc1ccccc1-n1nnnc1SCC(=O)NC(=O)NCc1ccccc1. The molecule has 0 saturated carbocycles. The fourth-order valence-corrected chi connectivity index (χ4v) is 3.02. The zero-order valence-electron chi connectivity index (χ0n) is 15.0. The molecule has 0 unspecified atom stereocenters. The predicted octanol–water partition coefficient (Wildman–Crippen LogP) is 1.79. The highest BCUT2D eigenvalue weighted by atomic mass is 32.2. The minimum atomic E-state index is -0.557. The maximum atomic E-state index is 12.0. The summed E-state index contributed by atoms with van der Waals surface area (Å²) in [6.07, 6.45) is 0. The number of hydrogen-bond acceptors (Lipinski definition) is 7. The van der Waals surface area contributed by atoms with E-state index in [1.807, 2.05) is 42.5 Å². The van der Waals surface area contributed by atoms with Gasteiger partial charge in [-0.3, -0.25) is 10.1 Å². The molecule has 3 amide bonds. The van der Waals surface area contributed by atoms with Crippen molar-refractivity contribution < 1.29 is 14.3 Å². The average molecular weight is 398 g/mol. The van der Waals surface area contributed by atoms with E-state index in [0.29, 0.717) is 23.1 Å². The van der Waals surface area contributed by atoms with Gasteiger partial charge in [0, 0.05) is 6.54 Å². The number of ether oxygens (including phenoxy) is 1. The maximum Gasteiger partial charge on any atom is 0.321 e. The van der Waals surface area contributed by atoms with Crippen molar-refractivity contribution in [2.75, 3.05) is 12.9 Å². The third kappa shape index (κ3) is 5.07. The van der Waals surface area contributed by atoms with Gasteiger partial charge in [-0.15, -0.1) is 5.10 Å². The number of carbonyl (C=O) groups is 2. The van der Waals surface area contributed by atoms with Crippen molar-refractivity contribution in [3.8, 4) is 11.4 Å². The number of para-hydroxylation sites is 2. The number of carbonyl (C=O) groups excluding carboxylic acids is 2. The zero-order valence-corrected chi connectivity index (χ0v) is 15.8. The molecule has 0 spiro atoms. The molecule has 0 bridgehead atoms. The standard InChI is InChI=1S/C18H18N6O3S/c1-27-15-10-6-5-9-14(15)24-18(21-22-23-24)28-12-16(25)20-17(26)19-11-13-7-3-2-4-8-13/h2-10H,11-12H2,1H3,(H2,19,20,25,26). The second kappa shape index (κ2) is 9.51. The van der Waals surface area contributed by atoms with E-state index in [2.05, 4.69) is 26.2 Å². The van der Waals surface area contributed by atoms with Crippen molar-refractivity contribution >= 4 is 23.7 Å². The molecule has 10 heteroatoms. The zero-order chi connectivity index (χ0) is 19.8. The van der Waals surface area contributed by atoms with Crippen LogP contribution in [0.15, 0.2) is 59.8 Å². The van der Waals surface area contributed by atoms with Crippen LogP contribution in [-0.4, -0.2) is 45.0 Å². The van der Waals surface area contributed by atoms with Crippen LogP contribution in [0.5, 0.6) is 5.75 Å². The predicted molar refractivity (Wildman–Crippen MR) is 103 cm³/mol. The number of urea groups is 1. The number of nitrogens with zero attached hydrogens (tertiary/aromatic N) is 4. The van der Waals surface area contributed by atoms with Gasteiger partial charge in [-0.2, -0.15) is 4.68 Å². The Morgan fingerprint density at radius 2 is 1.86 bits per heavy atom. The molecule has 2 aromatic carbocycles. The van der Waals surface area contributed by atoms with Crippen LogP contribution in [0.1, 0.15) is 5.56 Å². The normalized spacial score (nSPS) is 10.3. The lowest BCUT2D eigenvalue weighted by Gasteiger charge is -2.09. The van der Waals surface area contributed by atoms with Crippen molar-refractivity contribution in [2.24, 2.45) is 0 Å². The molecule has 1 aromatic heterocycles. The molecule has 0 radical (unpaired) electrons. The molecular weight excluding hydrogens is 380 g/mol. The van der Waals surface area contributed by atoms with Crippen LogP contribution in [0.4, 0.5) is 4.79 Å². The molecule has 144 valence electrons.